The van der Waals surface area contributed by atoms with E-state index in [1.807, 2.05) is 0 Å². The molecule has 0 saturated carbocycles. The van der Waals surface area contributed by atoms with Gasteiger partial charge in [-0.3, -0.25) is 14.1 Å². The molecule has 1 aromatic heterocycles. The second-order valence-electron chi connectivity index (χ2n) is 5.48. The van der Waals surface area contributed by atoms with Crippen molar-refractivity contribution in [2.75, 3.05) is 0 Å². The smallest absolute Gasteiger partial charge is 0.269 e. The van der Waals surface area contributed by atoms with Gasteiger partial charge in [-0.15, -0.1) is 0 Å². The molecule has 0 atom stereocenters. The van der Waals surface area contributed by atoms with Crippen molar-refractivity contribution in [3.8, 4) is 0 Å². The van der Waals surface area contributed by atoms with Gasteiger partial charge in [0.15, 0.2) is 0 Å². The van der Waals surface area contributed by atoms with Crippen LogP contribution in [-0.4, -0.2) is 30.9 Å². The third-order valence-corrected chi connectivity index (χ3v) is 4.91. The highest BCUT2D eigenvalue weighted by molar-refractivity contribution is 7.85. The third kappa shape index (κ3) is 3.88. The standard InChI is InChI=1S/C15H13NO6S2/c17-23(18,19)8-10-1-3-12-7-16-15-4-2-11(9-24(20,21)22)6-14(15)13(12)5-10/h1-7H,8-9H2,(H,17,18,19)(H,20,21,22). The van der Waals surface area contributed by atoms with E-state index in [1.165, 1.54) is 0 Å². The topological polar surface area (TPSA) is 122 Å². The lowest BCUT2D eigenvalue weighted by Crippen LogP contribution is -2.02. The van der Waals surface area contributed by atoms with E-state index < -0.39 is 31.7 Å². The van der Waals surface area contributed by atoms with Crippen LogP contribution in [0.3, 0.4) is 0 Å². The summed E-state index contributed by atoms with van der Waals surface area (Å²) in [5, 5.41) is 2.05. The fraction of sp³-hybridized carbons (Fsp3) is 0.133. The fourth-order valence-electron chi connectivity index (χ4n) is 2.60. The number of hydrogen-bond acceptors (Lipinski definition) is 5. The van der Waals surface area contributed by atoms with Gasteiger partial charge < -0.3 is 0 Å². The Morgan fingerprint density at radius 2 is 1.33 bits per heavy atom. The van der Waals surface area contributed by atoms with E-state index in [2.05, 4.69) is 4.98 Å². The summed E-state index contributed by atoms with van der Waals surface area (Å²) in [6.07, 6.45) is 1.62. The first kappa shape index (κ1) is 16.8. The second-order valence-corrected chi connectivity index (χ2v) is 8.39. The van der Waals surface area contributed by atoms with Crippen molar-refractivity contribution in [2.45, 2.75) is 11.5 Å². The molecule has 24 heavy (non-hydrogen) atoms. The molecule has 0 unspecified atom stereocenters. The number of nitrogens with zero attached hydrogens (tertiary/aromatic N) is 1. The maximum absolute atomic E-state index is 11.1. The fourth-order valence-corrected chi connectivity index (χ4v) is 3.80. The summed E-state index contributed by atoms with van der Waals surface area (Å²) in [5.41, 5.74) is 1.39. The Balaban J connectivity index is 2.22. The van der Waals surface area contributed by atoms with Gasteiger partial charge in [0, 0.05) is 17.0 Å². The lowest BCUT2D eigenvalue weighted by molar-refractivity contribution is 0.479. The minimum Gasteiger partial charge on any atom is -0.285 e. The van der Waals surface area contributed by atoms with Crippen LogP contribution < -0.4 is 0 Å². The van der Waals surface area contributed by atoms with Crippen molar-refractivity contribution in [3.63, 3.8) is 0 Å². The van der Waals surface area contributed by atoms with Crippen LogP contribution in [0.4, 0.5) is 0 Å². The summed E-state index contributed by atoms with van der Waals surface area (Å²) in [5.74, 6) is -1.04. The quantitative estimate of drug-likeness (QED) is 0.535. The number of hydrogen-bond donors (Lipinski definition) is 2. The van der Waals surface area contributed by atoms with Gasteiger partial charge in [-0.1, -0.05) is 18.2 Å². The van der Waals surface area contributed by atoms with Gasteiger partial charge in [0.05, 0.1) is 5.52 Å². The monoisotopic (exact) mass is 367 g/mol. The number of aromatic nitrogens is 1. The van der Waals surface area contributed by atoms with Gasteiger partial charge in [-0.05, 0) is 34.7 Å². The molecule has 2 N–H and O–H groups in total. The van der Waals surface area contributed by atoms with Crippen LogP contribution in [0.25, 0.3) is 21.7 Å². The summed E-state index contributed by atoms with van der Waals surface area (Å²) in [6.45, 7) is 0. The summed E-state index contributed by atoms with van der Waals surface area (Å²) >= 11 is 0. The van der Waals surface area contributed by atoms with Crippen LogP contribution in [0.5, 0.6) is 0 Å². The van der Waals surface area contributed by atoms with Crippen molar-refractivity contribution in [3.05, 3.63) is 53.7 Å². The SMILES string of the molecule is O=S(=O)(O)Cc1ccc2cnc3ccc(CS(=O)(=O)O)cc3c2c1. The molecule has 2 aromatic carbocycles. The van der Waals surface area contributed by atoms with Crippen molar-refractivity contribution in [2.24, 2.45) is 0 Å². The Labute approximate surface area is 138 Å². The zero-order valence-electron chi connectivity index (χ0n) is 12.2. The predicted molar refractivity (Wildman–Crippen MR) is 89.8 cm³/mol. The van der Waals surface area contributed by atoms with Gasteiger partial charge in [-0.2, -0.15) is 16.8 Å². The molecule has 9 heteroatoms. The first-order valence-corrected chi connectivity index (χ1v) is 10.0. The molecule has 0 spiro atoms. The zero-order valence-corrected chi connectivity index (χ0v) is 13.9. The highest BCUT2D eigenvalue weighted by Gasteiger charge is 2.11. The van der Waals surface area contributed by atoms with E-state index in [0.29, 0.717) is 27.4 Å². The number of pyridine rings is 1. The van der Waals surface area contributed by atoms with E-state index in [1.54, 1.807) is 42.6 Å². The normalized spacial score (nSPS) is 12.8. The van der Waals surface area contributed by atoms with Gasteiger partial charge in [0.25, 0.3) is 20.2 Å². The van der Waals surface area contributed by atoms with Crippen molar-refractivity contribution in [1.82, 2.24) is 4.98 Å². The van der Waals surface area contributed by atoms with Crippen molar-refractivity contribution < 1.29 is 25.9 Å². The average molecular weight is 367 g/mol. The van der Waals surface area contributed by atoms with Gasteiger partial charge in [-0.25, -0.2) is 0 Å². The maximum atomic E-state index is 11.1. The molecule has 7 nitrogen and oxygen atoms in total. The number of rotatable bonds is 4. The Morgan fingerprint density at radius 3 is 1.92 bits per heavy atom. The molecule has 3 rings (SSSR count). The maximum Gasteiger partial charge on any atom is 0.269 e. The molecule has 1 heterocycles. The van der Waals surface area contributed by atoms with Crippen LogP contribution >= 0.6 is 0 Å². The van der Waals surface area contributed by atoms with E-state index in [9.17, 15) is 16.8 Å². The summed E-state index contributed by atoms with van der Waals surface area (Å²) in [4.78, 5) is 4.27. The summed E-state index contributed by atoms with van der Waals surface area (Å²) < 4.78 is 62.2. The zero-order chi connectivity index (χ0) is 17.5. The van der Waals surface area contributed by atoms with Crippen LogP contribution in [-0.2, 0) is 31.7 Å². The Kier molecular flexibility index (Phi) is 4.04. The van der Waals surface area contributed by atoms with Gasteiger partial charge in [0.2, 0.25) is 0 Å². The molecule has 0 fully saturated rings. The van der Waals surface area contributed by atoms with Gasteiger partial charge in [0.1, 0.15) is 11.5 Å². The minimum atomic E-state index is -4.16. The predicted octanol–water partition coefficient (Wildman–Crippen LogP) is 2.16. The lowest BCUT2D eigenvalue weighted by Gasteiger charge is -2.07. The Hall–Kier alpha value is -2.07. The van der Waals surface area contributed by atoms with E-state index in [-0.39, 0.29) is 0 Å². The van der Waals surface area contributed by atoms with Crippen LogP contribution in [0.15, 0.2) is 42.6 Å². The van der Waals surface area contributed by atoms with Crippen LogP contribution in [0, 0.1) is 0 Å². The largest absolute Gasteiger partial charge is 0.285 e. The van der Waals surface area contributed by atoms with Crippen molar-refractivity contribution >= 4 is 41.9 Å². The lowest BCUT2D eigenvalue weighted by atomic mass is 10.0. The Morgan fingerprint density at radius 1 is 0.792 bits per heavy atom. The molecule has 0 aliphatic rings. The first-order valence-electron chi connectivity index (χ1n) is 6.81. The molecule has 0 bridgehead atoms. The molecule has 126 valence electrons. The van der Waals surface area contributed by atoms with E-state index in [4.69, 9.17) is 9.11 Å². The second kappa shape index (κ2) is 5.78. The first-order chi connectivity index (χ1) is 11.1. The molecule has 0 aliphatic carbocycles. The summed E-state index contributed by atoms with van der Waals surface area (Å²) in [6, 6.07) is 9.64. The molecular formula is C15H13NO6S2. The highest BCUT2D eigenvalue weighted by Crippen LogP contribution is 2.26. The Bertz CT molecular complexity index is 1060. The average Bonchev–Trinajstić information content (AvgIpc) is 2.44. The molecule has 0 amide bonds. The molecule has 0 saturated heterocycles. The molecule has 0 aliphatic heterocycles. The van der Waals surface area contributed by atoms with E-state index in [0.717, 1.165) is 5.39 Å². The number of benzene rings is 2. The molecule has 0 radical (unpaired) electrons. The van der Waals surface area contributed by atoms with Crippen molar-refractivity contribution in [1.29, 1.82) is 0 Å². The van der Waals surface area contributed by atoms with Crippen LogP contribution in [0.1, 0.15) is 11.1 Å². The minimum absolute atomic E-state index is 0.388. The summed E-state index contributed by atoms with van der Waals surface area (Å²) in [7, 11) is -8.32. The van der Waals surface area contributed by atoms with Crippen LogP contribution in [0.2, 0.25) is 0 Å². The molecular weight excluding hydrogens is 354 g/mol. The molecule has 3 aromatic rings. The van der Waals surface area contributed by atoms with E-state index >= 15 is 0 Å². The number of fused-ring (bicyclic) bond motifs is 3. The van der Waals surface area contributed by atoms with Gasteiger partial charge >= 0.3 is 0 Å². The highest BCUT2D eigenvalue weighted by atomic mass is 32.2. The third-order valence-electron chi connectivity index (χ3n) is 3.51.